The Morgan fingerprint density at radius 1 is 1.14 bits per heavy atom. The van der Waals surface area contributed by atoms with Gasteiger partial charge < -0.3 is 9.47 Å². The van der Waals surface area contributed by atoms with Crippen molar-refractivity contribution in [1.29, 1.82) is 0 Å². The minimum Gasteiger partial charge on any atom is -0.331 e. The van der Waals surface area contributed by atoms with Crippen LogP contribution in [0.5, 0.6) is 0 Å². The molecule has 7 nitrogen and oxygen atoms in total. The number of nitrogens with zero attached hydrogens (tertiary/aromatic N) is 4. The van der Waals surface area contributed by atoms with Crippen LogP contribution in [0, 0.1) is 0 Å². The Bertz CT molecular complexity index is 1040. The van der Waals surface area contributed by atoms with Crippen molar-refractivity contribution in [2.75, 3.05) is 6.26 Å². The van der Waals surface area contributed by atoms with Crippen molar-refractivity contribution in [3.05, 3.63) is 32.6 Å². The van der Waals surface area contributed by atoms with Crippen molar-refractivity contribution in [2.24, 2.45) is 14.1 Å². The van der Waals surface area contributed by atoms with Crippen molar-refractivity contribution in [3.8, 4) is 0 Å². The van der Waals surface area contributed by atoms with Crippen LogP contribution in [0.2, 0.25) is 0 Å². The van der Waals surface area contributed by atoms with E-state index >= 15 is 0 Å². The number of aromatic nitrogens is 3. The van der Waals surface area contributed by atoms with Gasteiger partial charge in [-0.25, -0.2) is 4.79 Å². The van der Waals surface area contributed by atoms with Crippen LogP contribution in [0.15, 0.2) is 15.7 Å². The number of hydrogen-bond donors (Lipinski definition) is 0. The van der Waals surface area contributed by atoms with E-state index in [2.05, 4.69) is 11.2 Å². The predicted octanol–water partition coefficient (Wildman–Crippen LogP) is 1.95. The largest absolute Gasteiger partial charge is 0.332 e. The molecule has 2 saturated heterocycles. The molecule has 0 N–H and O–H groups in total. The quantitative estimate of drug-likeness (QED) is 0.781. The third kappa shape index (κ3) is 2.76. The highest BCUT2D eigenvalue weighted by atomic mass is 32.2. The van der Waals surface area contributed by atoms with Gasteiger partial charge in [0.15, 0.2) is 0 Å². The van der Waals surface area contributed by atoms with E-state index in [1.807, 2.05) is 23.3 Å². The summed E-state index contributed by atoms with van der Waals surface area (Å²) in [5, 5.41) is 1.06. The zero-order valence-electron chi connectivity index (χ0n) is 17.0. The minimum atomic E-state index is -0.368. The third-order valence-corrected chi connectivity index (χ3v) is 7.47. The second-order valence-electron chi connectivity index (χ2n) is 8.05. The monoisotopic (exact) mass is 404 g/mol. The van der Waals surface area contributed by atoms with Crippen molar-refractivity contribution in [2.45, 2.75) is 62.9 Å². The fraction of sp³-hybridized carbons (Fsp3) is 0.650. The van der Waals surface area contributed by atoms with E-state index in [4.69, 9.17) is 0 Å². The molecule has 2 aromatic heterocycles. The summed E-state index contributed by atoms with van der Waals surface area (Å²) in [5.41, 5.74) is 0.373. The van der Waals surface area contributed by atoms with Gasteiger partial charge in [0.25, 0.3) is 11.5 Å². The van der Waals surface area contributed by atoms with E-state index in [0.717, 1.165) is 36.7 Å². The van der Waals surface area contributed by atoms with Crippen LogP contribution in [0.4, 0.5) is 0 Å². The number of carbonyl (C=O) groups is 1. The van der Waals surface area contributed by atoms with Gasteiger partial charge in [-0.15, -0.1) is 0 Å². The molecule has 2 aliphatic heterocycles. The Balaban J connectivity index is 1.85. The number of thioether (sulfide) groups is 1. The Hall–Kier alpha value is -1.96. The topological polar surface area (TPSA) is 69.2 Å². The van der Waals surface area contributed by atoms with Crippen LogP contribution in [0.1, 0.15) is 49.5 Å². The Labute approximate surface area is 168 Å². The van der Waals surface area contributed by atoms with Crippen molar-refractivity contribution in [3.63, 3.8) is 0 Å². The molecule has 2 aromatic rings. The summed E-state index contributed by atoms with van der Waals surface area (Å²) in [6.07, 6.45) is 7.16. The maximum atomic E-state index is 13.6. The number of aryl methyl sites for hydroxylation is 2. The van der Waals surface area contributed by atoms with Crippen LogP contribution < -0.4 is 11.2 Å². The highest BCUT2D eigenvalue weighted by molar-refractivity contribution is 7.99. The fourth-order valence-electron chi connectivity index (χ4n) is 5.05. The fourth-order valence-corrected chi connectivity index (χ4v) is 5.88. The number of piperidine rings is 1. The van der Waals surface area contributed by atoms with E-state index in [-0.39, 0.29) is 29.2 Å². The number of fused-ring (bicyclic) bond motifs is 3. The first-order valence-electron chi connectivity index (χ1n) is 10.0. The van der Waals surface area contributed by atoms with Crippen LogP contribution in [0.25, 0.3) is 11.0 Å². The lowest BCUT2D eigenvalue weighted by molar-refractivity contribution is 0.0590. The van der Waals surface area contributed by atoms with Gasteiger partial charge >= 0.3 is 5.69 Å². The standard InChI is InChI=1S/C20H28N4O3S/c1-5-8-23-16(11-15-17(23)21(2)20(27)22(3)18(15)25)19(26)24-12-6-7-13(24)10-14(9-12)28-4/h11-14H,5-10H2,1-4H3. The zero-order chi connectivity index (χ0) is 20.2. The van der Waals surface area contributed by atoms with E-state index in [1.165, 1.54) is 11.6 Å². The molecule has 4 heterocycles. The van der Waals surface area contributed by atoms with E-state index in [1.54, 1.807) is 13.1 Å². The first kappa shape index (κ1) is 19.4. The number of rotatable bonds is 4. The Kier molecular flexibility index (Phi) is 4.93. The first-order chi connectivity index (χ1) is 13.4. The number of carbonyl (C=O) groups excluding carboxylic acids is 1. The summed E-state index contributed by atoms with van der Waals surface area (Å²) in [6, 6.07) is 2.27. The lowest BCUT2D eigenvalue weighted by Crippen LogP contribution is -2.47. The number of amides is 1. The third-order valence-electron chi connectivity index (χ3n) is 6.42. The maximum absolute atomic E-state index is 13.6. The normalized spacial score (nSPS) is 24.3. The lowest BCUT2D eigenvalue weighted by atomic mass is 10.0. The molecule has 0 spiro atoms. The molecule has 2 unspecified atom stereocenters. The molecular weight excluding hydrogens is 376 g/mol. The second kappa shape index (κ2) is 7.13. The van der Waals surface area contributed by atoms with Gasteiger partial charge in [0.1, 0.15) is 11.3 Å². The SMILES string of the molecule is CCCn1c(C(=O)N2C3CCC2CC(SC)C3)cc2c(=O)n(C)c(=O)n(C)c21. The van der Waals surface area contributed by atoms with Gasteiger partial charge in [-0.05, 0) is 44.4 Å². The highest BCUT2D eigenvalue weighted by Gasteiger charge is 2.44. The first-order valence-corrected chi connectivity index (χ1v) is 11.3. The summed E-state index contributed by atoms with van der Waals surface area (Å²) >= 11 is 1.90. The molecule has 0 saturated carbocycles. The van der Waals surface area contributed by atoms with Gasteiger partial charge in [0.2, 0.25) is 0 Å². The molecular formula is C20H28N4O3S. The van der Waals surface area contributed by atoms with Crippen LogP contribution in [-0.4, -0.2) is 48.1 Å². The van der Waals surface area contributed by atoms with Gasteiger partial charge in [0, 0.05) is 38.0 Å². The van der Waals surface area contributed by atoms with Gasteiger partial charge in [0.05, 0.1) is 5.39 Å². The molecule has 0 radical (unpaired) electrons. The van der Waals surface area contributed by atoms with Gasteiger partial charge in [-0.2, -0.15) is 11.8 Å². The van der Waals surface area contributed by atoms with Crippen LogP contribution in [0.3, 0.4) is 0 Å². The van der Waals surface area contributed by atoms with E-state index in [0.29, 0.717) is 28.5 Å². The zero-order valence-corrected chi connectivity index (χ0v) is 17.8. The molecule has 4 rings (SSSR count). The van der Waals surface area contributed by atoms with Gasteiger partial charge in [-0.3, -0.25) is 18.7 Å². The highest BCUT2D eigenvalue weighted by Crippen LogP contribution is 2.40. The van der Waals surface area contributed by atoms with Gasteiger partial charge in [-0.1, -0.05) is 6.92 Å². The van der Waals surface area contributed by atoms with Crippen LogP contribution in [-0.2, 0) is 20.6 Å². The molecule has 2 aliphatic rings. The van der Waals surface area contributed by atoms with Crippen molar-refractivity contribution in [1.82, 2.24) is 18.6 Å². The van der Waals surface area contributed by atoms with Crippen molar-refractivity contribution >= 4 is 28.7 Å². The second-order valence-corrected chi connectivity index (χ2v) is 9.19. The minimum absolute atomic E-state index is 0.00575. The van der Waals surface area contributed by atoms with E-state index in [9.17, 15) is 14.4 Å². The van der Waals surface area contributed by atoms with E-state index < -0.39 is 0 Å². The molecule has 1 amide bonds. The summed E-state index contributed by atoms with van der Waals surface area (Å²) in [7, 11) is 3.15. The summed E-state index contributed by atoms with van der Waals surface area (Å²) in [4.78, 5) is 40.8. The molecule has 2 fully saturated rings. The maximum Gasteiger partial charge on any atom is 0.332 e. The lowest BCUT2D eigenvalue weighted by Gasteiger charge is -2.38. The molecule has 0 aromatic carbocycles. The summed E-state index contributed by atoms with van der Waals surface area (Å²) < 4.78 is 4.47. The summed E-state index contributed by atoms with van der Waals surface area (Å²) in [5.74, 6) is 0.00575. The average Bonchev–Trinajstić information content (AvgIpc) is 3.19. The Morgan fingerprint density at radius 2 is 1.79 bits per heavy atom. The van der Waals surface area contributed by atoms with Crippen molar-refractivity contribution < 1.29 is 4.79 Å². The number of hydrogen-bond acceptors (Lipinski definition) is 4. The molecule has 152 valence electrons. The Morgan fingerprint density at radius 3 is 2.36 bits per heavy atom. The molecule has 2 bridgehead atoms. The van der Waals surface area contributed by atoms with Crippen LogP contribution >= 0.6 is 11.8 Å². The average molecular weight is 405 g/mol. The molecule has 8 heteroatoms. The molecule has 28 heavy (non-hydrogen) atoms. The smallest absolute Gasteiger partial charge is 0.331 e. The predicted molar refractivity (Wildman–Crippen MR) is 112 cm³/mol. The summed E-state index contributed by atoms with van der Waals surface area (Å²) in [6.45, 7) is 2.63. The molecule has 2 atom stereocenters. The molecule has 0 aliphatic carbocycles.